The summed E-state index contributed by atoms with van der Waals surface area (Å²) in [5.41, 5.74) is 2.84. The smallest absolute Gasteiger partial charge is 0.319 e. The van der Waals surface area contributed by atoms with Gasteiger partial charge in [0.05, 0.1) is 17.3 Å². The van der Waals surface area contributed by atoms with Gasteiger partial charge in [0.2, 0.25) is 0 Å². The van der Waals surface area contributed by atoms with Gasteiger partial charge in [0.15, 0.2) is 0 Å². The number of halogens is 1. The van der Waals surface area contributed by atoms with Crippen molar-refractivity contribution in [1.29, 1.82) is 0 Å². The summed E-state index contributed by atoms with van der Waals surface area (Å²) in [5, 5.41) is 6.01. The van der Waals surface area contributed by atoms with E-state index in [2.05, 4.69) is 10.6 Å². The summed E-state index contributed by atoms with van der Waals surface area (Å²) >= 11 is 5.99. The van der Waals surface area contributed by atoms with E-state index < -0.39 is 0 Å². The van der Waals surface area contributed by atoms with Gasteiger partial charge in [0, 0.05) is 6.54 Å². The fraction of sp³-hybridized carbons (Fsp3) is 0.278. The predicted octanol–water partition coefficient (Wildman–Crippen LogP) is 4.55. The first kappa shape index (κ1) is 17.2. The minimum Gasteiger partial charge on any atom is -0.493 e. The molecular formula is C18H21ClN2O2. The monoisotopic (exact) mass is 332 g/mol. The van der Waals surface area contributed by atoms with E-state index in [1.807, 2.05) is 44.2 Å². The second-order valence-corrected chi connectivity index (χ2v) is 5.69. The zero-order chi connectivity index (χ0) is 16.7. The van der Waals surface area contributed by atoms with Gasteiger partial charge in [0.25, 0.3) is 0 Å². The van der Waals surface area contributed by atoms with Crippen molar-refractivity contribution in [1.82, 2.24) is 5.32 Å². The molecule has 0 saturated heterocycles. The number of aryl methyl sites for hydroxylation is 2. The van der Waals surface area contributed by atoms with Gasteiger partial charge in [-0.1, -0.05) is 41.9 Å². The lowest BCUT2D eigenvalue weighted by Gasteiger charge is -2.12. The fourth-order valence-electron chi connectivity index (χ4n) is 2.20. The standard InChI is InChI=1S/C18H21ClN2O2/c1-13-7-5-8-14(2)17(13)23-12-6-11-20-18(22)21-16-10-4-3-9-15(16)19/h3-5,7-10H,6,11-12H2,1-2H3,(H2,20,21,22). The molecule has 0 spiro atoms. The van der Waals surface area contributed by atoms with Crippen molar-refractivity contribution < 1.29 is 9.53 Å². The van der Waals surface area contributed by atoms with Crippen LogP contribution in [0.2, 0.25) is 5.02 Å². The van der Waals surface area contributed by atoms with E-state index in [1.165, 1.54) is 0 Å². The van der Waals surface area contributed by atoms with Crippen LogP contribution in [0.5, 0.6) is 5.75 Å². The molecule has 2 aromatic carbocycles. The first-order valence-electron chi connectivity index (χ1n) is 7.56. The number of hydrogen-bond donors (Lipinski definition) is 2. The first-order valence-corrected chi connectivity index (χ1v) is 7.94. The Labute approximate surface area is 141 Å². The maximum atomic E-state index is 11.8. The number of nitrogens with one attached hydrogen (secondary N) is 2. The number of carbonyl (C=O) groups excluding carboxylic acids is 1. The topological polar surface area (TPSA) is 50.4 Å². The number of ether oxygens (including phenoxy) is 1. The van der Waals surface area contributed by atoms with E-state index in [9.17, 15) is 4.79 Å². The van der Waals surface area contributed by atoms with Gasteiger partial charge < -0.3 is 15.4 Å². The minimum atomic E-state index is -0.273. The summed E-state index contributed by atoms with van der Waals surface area (Å²) in [7, 11) is 0. The van der Waals surface area contributed by atoms with Gasteiger partial charge in [-0.25, -0.2) is 4.79 Å². The van der Waals surface area contributed by atoms with E-state index in [-0.39, 0.29) is 6.03 Å². The van der Waals surface area contributed by atoms with Crippen molar-refractivity contribution >= 4 is 23.3 Å². The number of hydrogen-bond acceptors (Lipinski definition) is 2. The quantitative estimate of drug-likeness (QED) is 0.762. The number of carbonyl (C=O) groups is 1. The van der Waals surface area contributed by atoms with Crippen LogP contribution in [0.4, 0.5) is 10.5 Å². The van der Waals surface area contributed by atoms with E-state index in [4.69, 9.17) is 16.3 Å². The van der Waals surface area contributed by atoms with Crippen LogP contribution in [-0.4, -0.2) is 19.2 Å². The summed E-state index contributed by atoms with van der Waals surface area (Å²) < 4.78 is 5.79. The summed E-state index contributed by atoms with van der Waals surface area (Å²) in [6.07, 6.45) is 0.726. The maximum absolute atomic E-state index is 11.8. The largest absolute Gasteiger partial charge is 0.493 e. The maximum Gasteiger partial charge on any atom is 0.319 e. The molecule has 122 valence electrons. The van der Waals surface area contributed by atoms with E-state index in [0.29, 0.717) is 23.9 Å². The molecule has 0 atom stereocenters. The molecule has 0 saturated carbocycles. The third kappa shape index (κ3) is 5.18. The number of benzene rings is 2. The van der Waals surface area contributed by atoms with Crippen LogP contribution in [0.25, 0.3) is 0 Å². The Kier molecular flexibility index (Phi) is 6.29. The van der Waals surface area contributed by atoms with Gasteiger partial charge in [-0.15, -0.1) is 0 Å². The summed E-state index contributed by atoms with van der Waals surface area (Å²) in [6, 6.07) is 12.9. The Morgan fingerprint density at radius 1 is 1.09 bits per heavy atom. The van der Waals surface area contributed by atoms with Crippen molar-refractivity contribution in [3.05, 3.63) is 58.6 Å². The third-order valence-electron chi connectivity index (χ3n) is 3.38. The molecule has 2 rings (SSSR count). The molecule has 0 aliphatic rings. The molecule has 0 unspecified atom stereocenters. The highest BCUT2D eigenvalue weighted by molar-refractivity contribution is 6.33. The van der Waals surface area contributed by atoms with Crippen molar-refractivity contribution in [2.45, 2.75) is 20.3 Å². The summed E-state index contributed by atoms with van der Waals surface area (Å²) in [6.45, 7) is 5.13. The van der Waals surface area contributed by atoms with Crippen LogP contribution in [0, 0.1) is 13.8 Å². The Balaban J connectivity index is 1.69. The Morgan fingerprint density at radius 2 is 1.78 bits per heavy atom. The predicted molar refractivity (Wildman–Crippen MR) is 94.5 cm³/mol. The van der Waals surface area contributed by atoms with Crippen LogP contribution in [0.15, 0.2) is 42.5 Å². The number of para-hydroxylation sites is 2. The molecule has 0 aliphatic heterocycles. The molecule has 0 aromatic heterocycles. The number of rotatable bonds is 6. The molecule has 0 aliphatic carbocycles. The van der Waals surface area contributed by atoms with E-state index in [1.54, 1.807) is 12.1 Å². The Morgan fingerprint density at radius 3 is 2.48 bits per heavy atom. The second kappa shape index (κ2) is 8.44. The summed E-state index contributed by atoms with van der Waals surface area (Å²) in [5.74, 6) is 0.924. The molecule has 2 aromatic rings. The highest BCUT2D eigenvalue weighted by Gasteiger charge is 2.05. The van der Waals surface area contributed by atoms with Crippen molar-refractivity contribution in [2.75, 3.05) is 18.5 Å². The lowest BCUT2D eigenvalue weighted by molar-refractivity contribution is 0.250. The van der Waals surface area contributed by atoms with Crippen molar-refractivity contribution in [3.63, 3.8) is 0 Å². The highest BCUT2D eigenvalue weighted by atomic mass is 35.5. The zero-order valence-electron chi connectivity index (χ0n) is 13.4. The van der Waals surface area contributed by atoms with Gasteiger partial charge in [-0.05, 0) is 43.5 Å². The molecule has 0 fully saturated rings. The molecule has 0 radical (unpaired) electrons. The van der Waals surface area contributed by atoms with Gasteiger partial charge >= 0.3 is 6.03 Å². The molecule has 5 heteroatoms. The third-order valence-corrected chi connectivity index (χ3v) is 3.71. The summed E-state index contributed by atoms with van der Waals surface area (Å²) in [4.78, 5) is 11.8. The number of anilines is 1. The Bertz CT molecular complexity index is 654. The number of urea groups is 1. The van der Waals surface area contributed by atoms with Crippen molar-refractivity contribution in [2.24, 2.45) is 0 Å². The molecule has 2 N–H and O–H groups in total. The lowest BCUT2D eigenvalue weighted by Crippen LogP contribution is -2.30. The molecular weight excluding hydrogens is 312 g/mol. The second-order valence-electron chi connectivity index (χ2n) is 5.28. The Hall–Kier alpha value is -2.20. The average molecular weight is 333 g/mol. The van der Waals surface area contributed by atoms with Gasteiger partial charge in [0.1, 0.15) is 5.75 Å². The van der Waals surface area contributed by atoms with Crippen LogP contribution in [-0.2, 0) is 0 Å². The molecule has 0 heterocycles. The average Bonchev–Trinajstić information content (AvgIpc) is 2.52. The molecule has 23 heavy (non-hydrogen) atoms. The van der Waals surface area contributed by atoms with Crippen molar-refractivity contribution in [3.8, 4) is 5.75 Å². The lowest BCUT2D eigenvalue weighted by atomic mass is 10.1. The van der Waals surface area contributed by atoms with Gasteiger partial charge in [-0.2, -0.15) is 0 Å². The fourth-order valence-corrected chi connectivity index (χ4v) is 2.39. The highest BCUT2D eigenvalue weighted by Crippen LogP contribution is 2.22. The zero-order valence-corrected chi connectivity index (χ0v) is 14.1. The van der Waals surface area contributed by atoms with Crippen LogP contribution >= 0.6 is 11.6 Å². The van der Waals surface area contributed by atoms with Crippen LogP contribution in [0.1, 0.15) is 17.5 Å². The molecule has 0 bridgehead atoms. The number of amides is 2. The SMILES string of the molecule is Cc1cccc(C)c1OCCCNC(=O)Nc1ccccc1Cl. The van der Waals surface area contributed by atoms with E-state index in [0.717, 1.165) is 23.3 Å². The van der Waals surface area contributed by atoms with Crippen LogP contribution < -0.4 is 15.4 Å². The van der Waals surface area contributed by atoms with Crippen LogP contribution in [0.3, 0.4) is 0 Å². The normalized spacial score (nSPS) is 10.2. The minimum absolute atomic E-state index is 0.273. The molecule has 4 nitrogen and oxygen atoms in total. The van der Waals surface area contributed by atoms with E-state index >= 15 is 0 Å². The first-order chi connectivity index (χ1) is 11.1. The van der Waals surface area contributed by atoms with Gasteiger partial charge in [-0.3, -0.25) is 0 Å². The molecule has 2 amide bonds.